The van der Waals surface area contributed by atoms with Crippen LogP contribution in [0.4, 0.5) is 0 Å². The van der Waals surface area contributed by atoms with Gasteiger partial charge in [0.2, 0.25) is 5.88 Å². The molecule has 2 heterocycles. The number of nitriles is 1. The maximum atomic E-state index is 9.04. The van der Waals surface area contributed by atoms with Crippen LogP contribution in [0.5, 0.6) is 11.6 Å². The first-order valence-electron chi connectivity index (χ1n) is 6.91. The SMILES string of the molecule is N#Cc1cnccc1/C=C/c1ccc(Oc2cnccn2)cc1. The molecule has 110 valence electrons. The summed E-state index contributed by atoms with van der Waals surface area (Å²) in [5.74, 6) is 1.13. The number of hydrogen-bond acceptors (Lipinski definition) is 5. The Balaban J connectivity index is 1.73. The van der Waals surface area contributed by atoms with Crippen LogP contribution >= 0.6 is 0 Å². The second kappa shape index (κ2) is 6.96. The molecular formula is C18H12N4O. The molecule has 0 aliphatic carbocycles. The summed E-state index contributed by atoms with van der Waals surface area (Å²) in [6, 6.07) is 11.5. The van der Waals surface area contributed by atoms with Gasteiger partial charge in [0, 0.05) is 24.8 Å². The molecule has 3 rings (SSSR count). The van der Waals surface area contributed by atoms with E-state index in [1.54, 1.807) is 37.1 Å². The number of ether oxygens (including phenoxy) is 1. The number of benzene rings is 1. The minimum atomic E-state index is 0.450. The van der Waals surface area contributed by atoms with Gasteiger partial charge in [0.25, 0.3) is 0 Å². The summed E-state index contributed by atoms with van der Waals surface area (Å²) >= 11 is 0. The zero-order chi connectivity index (χ0) is 15.9. The summed E-state index contributed by atoms with van der Waals surface area (Å²) in [6.07, 6.45) is 11.8. The van der Waals surface area contributed by atoms with Gasteiger partial charge in [-0.25, -0.2) is 4.98 Å². The van der Waals surface area contributed by atoms with E-state index in [2.05, 4.69) is 21.0 Å². The molecule has 0 aliphatic rings. The third-order valence-corrected chi connectivity index (χ3v) is 3.07. The van der Waals surface area contributed by atoms with Gasteiger partial charge in [-0.1, -0.05) is 24.3 Å². The zero-order valence-corrected chi connectivity index (χ0v) is 12.1. The topological polar surface area (TPSA) is 71.7 Å². The standard InChI is InChI=1S/C18H12N4O/c19-11-16-12-20-8-7-15(16)4-1-14-2-5-17(6-3-14)23-18-13-21-9-10-22-18/h1-10,12-13H/b4-1+. The van der Waals surface area contributed by atoms with E-state index in [9.17, 15) is 0 Å². The Morgan fingerprint density at radius 3 is 2.48 bits per heavy atom. The van der Waals surface area contributed by atoms with Crippen molar-refractivity contribution in [1.29, 1.82) is 5.26 Å². The first kappa shape index (κ1) is 14.4. The second-order valence-corrected chi connectivity index (χ2v) is 4.62. The van der Waals surface area contributed by atoms with Gasteiger partial charge in [-0.3, -0.25) is 9.97 Å². The van der Waals surface area contributed by atoms with Crippen LogP contribution in [0.15, 0.2) is 61.3 Å². The molecule has 0 amide bonds. The summed E-state index contributed by atoms with van der Waals surface area (Å²) < 4.78 is 5.58. The van der Waals surface area contributed by atoms with Gasteiger partial charge in [-0.15, -0.1) is 0 Å². The lowest BCUT2D eigenvalue weighted by Crippen LogP contribution is -1.88. The number of pyridine rings is 1. The maximum Gasteiger partial charge on any atom is 0.237 e. The van der Waals surface area contributed by atoms with E-state index in [1.165, 1.54) is 0 Å². The van der Waals surface area contributed by atoms with Gasteiger partial charge in [0.15, 0.2) is 0 Å². The molecule has 1 aromatic carbocycles. The molecule has 0 unspecified atom stereocenters. The lowest BCUT2D eigenvalue weighted by molar-refractivity contribution is 0.460. The van der Waals surface area contributed by atoms with E-state index in [0.29, 0.717) is 17.2 Å². The largest absolute Gasteiger partial charge is 0.438 e. The normalized spacial score (nSPS) is 10.4. The van der Waals surface area contributed by atoms with Crippen LogP contribution in [0.25, 0.3) is 12.2 Å². The highest BCUT2D eigenvalue weighted by atomic mass is 16.5. The third kappa shape index (κ3) is 3.77. The van der Waals surface area contributed by atoms with Gasteiger partial charge in [-0.2, -0.15) is 5.26 Å². The highest BCUT2D eigenvalue weighted by Crippen LogP contribution is 2.20. The molecule has 2 aromatic heterocycles. The van der Waals surface area contributed by atoms with Crippen LogP contribution in [-0.4, -0.2) is 15.0 Å². The van der Waals surface area contributed by atoms with E-state index in [1.807, 2.05) is 36.4 Å². The first-order chi connectivity index (χ1) is 11.3. The molecule has 0 saturated carbocycles. The van der Waals surface area contributed by atoms with E-state index >= 15 is 0 Å². The van der Waals surface area contributed by atoms with Gasteiger partial charge >= 0.3 is 0 Å². The predicted molar refractivity (Wildman–Crippen MR) is 86.4 cm³/mol. The average Bonchev–Trinajstić information content (AvgIpc) is 2.62. The summed E-state index contributed by atoms with van der Waals surface area (Å²) in [5.41, 5.74) is 2.38. The van der Waals surface area contributed by atoms with Crippen molar-refractivity contribution in [3.63, 3.8) is 0 Å². The molecule has 0 aliphatic heterocycles. The van der Waals surface area contributed by atoms with Crippen LogP contribution in [0.2, 0.25) is 0 Å². The molecule has 0 radical (unpaired) electrons. The molecule has 5 heteroatoms. The van der Waals surface area contributed by atoms with Crippen molar-refractivity contribution in [2.24, 2.45) is 0 Å². The van der Waals surface area contributed by atoms with E-state index < -0.39 is 0 Å². The summed E-state index contributed by atoms with van der Waals surface area (Å²) in [6.45, 7) is 0. The number of nitrogens with zero attached hydrogens (tertiary/aromatic N) is 4. The molecule has 0 spiro atoms. The minimum Gasteiger partial charge on any atom is -0.438 e. The van der Waals surface area contributed by atoms with E-state index in [4.69, 9.17) is 10.00 Å². The minimum absolute atomic E-state index is 0.450. The fourth-order valence-electron chi connectivity index (χ4n) is 1.94. The molecule has 5 nitrogen and oxygen atoms in total. The Morgan fingerprint density at radius 1 is 0.913 bits per heavy atom. The van der Waals surface area contributed by atoms with Crippen molar-refractivity contribution in [2.45, 2.75) is 0 Å². The van der Waals surface area contributed by atoms with Crippen molar-refractivity contribution in [1.82, 2.24) is 15.0 Å². The zero-order valence-electron chi connectivity index (χ0n) is 12.1. The van der Waals surface area contributed by atoms with Crippen LogP contribution < -0.4 is 4.74 Å². The first-order valence-corrected chi connectivity index (χ1v) is 6.91. The predicted octanol–water partition coefficient (Wildman–Crippen LogP) is 3.71. The second-order valence-electron chi connectivity index (χ2n) is 4.62. The van der Waals surface area contributed by atoms with Crippen LogP contribution in [0, 0.1) is 11.3 Å². The van der Waals surface area contributed by atoms with Crippen LogP contribution in [0.3, 0.4) is 0 Å². The van der Waals surface area contributed by atoms with E-state index in [-0.39, 0.29) is 0 Å². The van der Waals surface area contributed by atoms with Crippen LogP contribution in [-0.2, 0) is 0 Å². The Morgan fingerprint density at radius 2 is 1.74 bits per heavy atom. The Kier molecular flexibility index (Phi) is 4.36. The fraction of sp³-hybridized carbons (Fsp3) is 0. The van der Waals surface area contributed by atoms with Crippen molar-refractivity contribution in [3.05, 3.63) is 78.0 Å². The summed E-state index contributed by atoms with van der Waals surface area (Å²) in [5, 5.41) is 9.04. The summed E-state index contributed by atoms with van der Waals surface area (Å²) in [7, 11) is 0. The molecule has 0 fully saturated rings. The quantitative estimate of drug-likeness (QED) is 0.734. The number of aromatic nitrogens is 3. The molecule has 23 heavy (non-hydrogen) atoms. The lowest BCUT2D eigenvalue weighted by atomic mass is 10.1. The highest BCUT2D eigenvalue weighted by Gasteiger charge is 1.99. The molecule has 0 N–H and O–H groups in total. The molecule has 0 atom stereocenters. The van der Waals surface area contributed by atoms with Gasteiger partial charge in [-0.05, 0) is 29.3 Å². The summed E-state index contributed by atoms with van der Waals surface area (Å²) in [4.78, 5) is 11.9. The molecule has 0 bridgehead atoms. The fourth-order valence-corrected chi connectivity index (χ4v) is 1.94. The average molecular weight is 300 g/mol. The van der Waals surface area contributed by atoms with Gasteiger partial charge < -0.3 is 4.74 Å². The smallest absolute Gasteiger partial charge is 0.237 e. The third-order valence-electron chi connectivity index (χ3n) is 3.07. The highest BCUT2D eigenvalue weighted by molar-refractivity contribution is 5.72. The number of hydrogen-bond donors (Lipinski definition) is 0. The monoisotopic (exact) mass is 300 g/mol. The van der Waals surface area contributed by atoms with Crippen molar-refractivity contribution >= 4 is 12.2 Å². The lowest BCUT2D eigenvalue weighted by Gasteiger charge is -2.03. The molecule has 3 aromatic rings. The molecule has 0 saturated heterocycles. The van der Waals surface area contributed by atoms with Crippen LogP contribution in [0.1, 0.15) is 16.7 Å². The number of rotatable bonds is 4. The van der Waals surface area contributed by atoms with Gasteiger partial charge in [0.05, 0.1) is 11.8 Å². The van der Waals surface area contributed by atoms with Crippen molar-refractivity contribution < 1.29 is 4.74 Å². The maximum absolute atomic E-state index is 9.04. The Hall–Kier alpha value is -3.52. The van der Waals surface area contributed by atoms with Crippen molar-refractivity contribution in [3.8, 4) is 17.7 Å². The Labute approximate surface area is 133 Å². The Bertz CT molecular complexity index is 852. The van der Waals surface area contributed by atoms with Crippen molar-refractivity contribution in [2.75, 3.05) is 0 Å². The van der Waals surface area contributed by atoms with E-state index in [0.717, 1.165) is 11.1 Å². The molecular weight excluding hydrogens is 288 g/mol. The van der Waals surface area contributed by atoms with Gasteiger partial charge in [0.1, 0.15) is 11.8 Å².